The van der Waals surface area contributed by atoms with Crippen molar-refractivity contribution < 1.29 is 24.0 Å². The molecule has 3 heterocycles. The summed E-state index contributed by atoms with van der Waals surface area (Å²) in [5.74, 6) is -0.740. The number of aromatic nitrogens is 2. The molecule has 0 amide bonds. The Morgan fingerprint density at radius 3 is 2.59 bits per heavy atom. The van der Waals surface area contributed by atoms with E-state index in [9.17, 15) is 14.7 Å². The highest BCUT2D eigenvalue weighted by molar-refractivity contribution is 7.22. The van der Waals surface area contributed by atoms with Crippen molar-refractivity contribution in [3.05, 3.63) is 62.8 Å². The number of aromatic carboxylic acids is 1. The second-order valence-corrected chi connectivity index (χ2v) is 12.4. The smallest absolute Gasteiger partial charge is 0.344 e. The third kappa shape index (κ3) is 5.31. The third-order valence-electron chi connectivity index (χ3n) is 7.92. The number of nitrogens with zero attached hydrogens (tertiary/aromatic N) is 3. The molecule has 2 aromatic carbocycles. The summed E-state index contributed by atoms with van der Waals surface area (Å²) in [5.41, 5.74) is 3.15. The highest BCUT2D eigenvalue weighted by atomic mass is 35.5. The molecule has 0 unspecified atom stereocenters. The number of carbonyl (C=O) groups excluding carboxylic acids is 1. The number of benzene rings is 2. The molecule has 6 rings (SSSR count). The van der Waals surface area contributed by atoms with Gasteiger partial charge in [-0.3, -0.25) is 0 Å². The molecule has 0 spiro atoms. The fourth-order valence-electron chi connectivity index (χ4n) is 5.59. The Hall–Kier alpha value is -3.14. The first kappa shape index (κ1) is 28.0. The SMILES string of the molecule is CCc1cc(C(=O)O)cc2sc(N3CC[C@@H](OC(=O)c4c(-c5c(Cl)cccc5Cl)noc4C4CC4)C[C@H]3CC)nc12. The molecule has 2 aliphatic rings. The largest absolute Gasteiger partial charge is 0.478 e. The topological polar surface area (TPSA) is 106 Å². The number of rotatable bonds is 8. The van der Waals surface area contributed by atoms with Gasteiger partial charge in [-0.2, -0.15) is 0 Å². The number of halogens is 2. The monoisotopic (exact) mass is 613 g/mol. The van der Waals surface area contributed by atoms with Gasteiger partial charge in [0, 0.05) is 36.9 Å². The zero-order chi connectivity index (χ0) is 28.8. The van der Waals surface area contributed by atoms with E-state index in [1.807, 2.05) is 6.92 Å². The molecule has 41 heavy (non-hydrogen) atoms. The summed E-state index contributed by atoms with van der Waals surface area (Å²) in [6.45, 7) is 4.77. The Labute approximate surface area is 251 Å². The standard InChI is InChI=1S/C30H29Cl2N3O5S/c1-3-15-12-17(28(36)37)13-22-25(15)33-30(41-22)35-11-10-19(14-18(35)4-2)39-29(38)24-26(34-40-27(24)16-8-9-16)23-20(31)6-5-7-21(23)32/h5-7,12-13,16,18-19H,3-4,8-11,14H2,1-2H3,(H,36,37)/t18-,19-/m1/s1. The first-order valence-electron chi connectivity index (χ1n) is 13.9. The van der Waals surface area contributed by atoms with Crippen LogP contribution in [0.25, 0.3) is 21.5 Å². The van der Waals surface area contributed by atoms with E-state index in [0.29, 0.717) is 58.4 Å². The van der Waals surface area contributed by atoms with Gasteiger partial charge < -0.3 is 19.3 Å². The van der Waals surface area contributed by atoms with Crippen molar-refractivity contribution in [2.24, 2.45) is 0 Å². The van der Waals surface area contributed by atoms with Gasteiger partial charge in [0.1, 0.15) is 17.4 Å². The number of ether oxygens (including phenoxy) is 1. The molecule has 1 saturated heterocycles. The van der Waals surface area contributed by atoms with Crippen molar-refractivity contribution in [1.82, 2.24) is 10.1 Å². The lowest BCUT2D eigenvalue weighted by Gasteiger charge is -2.38. The molecule has 1 aliphatic heterocycles. The molecule has 0 bridgehead atoms. The lowest BCUT2D eigenvalue weighted by atomic mass is 9.97. The number of fused-ring (bicyclic) bond motifs is 1. The molecule has 1 saturated carbocycles. The number of esters is 1. The second-order valence-electron chi connectivity index (χ2n) is 10.6. The van der Waals surface area contributed by atoms with E-state index in [1.165, 1.54) is 11.3 Å². The second kappa shape index (κ2) is 11.3. The van der Waals surface area contributed by atoms with Crippen LogP contribution >= 0.6 is 34.5 Å². The van der Waals surface area contributed by atoms with Crippen molar-refractivity contribution in [2.75, 3.05) is 11.4 Å². The quantitative estimate of drug-likeness (QED) is 0.199. The number of anilines is 1. The maximum absolute atomic E-state index is 13.7. The molecule has 214 valence electrons. The summed E-state index contributed by atoms with van der Waals surface area (Å²) in [7, 11) is 0. The molecule has 4 aromatic rings. The van der Waals surface area contributed by atoms with Gasteiger partial charge in [-0.25, -0.2) is 14.6 Å². The minimum Gasteiger partial charge on any atom is -0.478 e. The van der Waals surface area contributed by atoms with Gasteiger partial charge in [-0.15, -0.1) is 0 Å². The van der Waals surface area contributed by atoms with Crippen molar-refractivity contribution in [1.29, 1.82) is 0 Å². The number of piperidine rings is 1. The fraction of sp³-hybridized carbons (Fsp3) is 0.400. The van der Waals surface area contributed by atoms with Gasteiger partial charge >= 0.3 is 11.9 Å². The van der Waals surface area contributed by atoms with Crippen LogP contribution in [-0.4, -0.2) is 45.9 Å². The van der Waals surface area contributed by atoms with Crippen LogP contribution in [0.5, 0.6) is 0 Å². The summed E-state index contributed by atoms with van der Waals surface area (Å²) in [4.78, 5) is 32.5. The van der Waals surface area contributed by atoms with Gasteiger partial charge in [0.25, 0.3) is 0 Å². The predicted molar refractivity (Wildman–Crippen MR) is 160 cm³/mol. The predicted octanol–water partition coefficient (Wildman–Crippen LogP) is 8.00. The van der Waals surface area contributed by atoms with Crippen LogP contribution in [0.3, 0.4) is 0 Å². The molecule has 2 fully saturated rings. The van der Waals surface area contributed by atoms with Crippen LogP contribution in [-0.2, 0) is 11.2 Å². The average Bonchev–Trinajstić information content (AvgIpc) is 3.56. The van der Waals surface area contributed by atoms with Crippen LogP contribution < -0.4 is 4.90 Å². The Kier molecular flexibility index (Phi) is 7.70. The van der Waals surface area contributed by atoms with E-state index in [-0.39, 0.29) is 23.6 Å². The summed E-state index contributed by atoms with van der Waals surface area (Å²) in [6, 6.07) is 8.67. The highest BCUT2D eigenvalue weighted by Gasteiger charge is 2.39. The van der Waals surface area contributed by atoms with Gasteiger partial charge in [0.05, 0.1) is 25.8 Å². The van der Waals surface area contributed by atoms with Gasteiger partial charge in [-0.05, 0) is 55.5 Å². The number of aryl methyl sites for hydroxylation is 1. The van der Waals surface area contributed by atoms with Crippen molar-refractivity contribution >= 4 is 61.8 Å². The molecule has 1 N–H and O–H groups in total. The van der Waals surface area contributed by atoms with E-state index < -0.39 is 11.9 Å². The van der Waals surface area contributed by atoms with Crippen molar-refractivity contribution in [2.45, 2.75) is 70.4 Å². The van der Waals surface area contributed by atoms with E-state index in [1.54, 1.807) is 30.3 Å². The first-order valence-corrected chi connectivity index (χ1v) is 15.4. The van der Waals surface area contributed by atoms with Crippen molar-refractivity contribution in [3.63, 3.8) is 0 Å². The number of hydrogen-bond donors (Lipinski definition) is 1. The Bertz CT molecular complexity index is 1630. The van der Waals surface area contributed by atoms with Crippen LogP contribution in [0.1, 0.15) is 83.9 Å². The molecular weight excluding hydrogens is 585 g/mol. The molecule has 11 heteroatoms. The fourth-order valence-corrected chi connectivity index (χ4v) is 7.32. The van der Waals surface area contributed by atoms with E-state index in [2.05, 4.69) is 17.0 Å². The third-order valence-corrected chi connectivity index (χ3v) is 9.59. The van der Waals surface area contributed by atoms with Crippen LogP contribution in [0.15, 0.2) is 34.9 Å². The number of carboxylic acids is 1. The van der Waals surface area contributed by atoms with Crippen molar-refractivity contribution in [3.8, 4) is 11.3 Å². The summed E-state index contributed by atoms with van der Waals surface area (Å²) in [5, 5.41) is 15.4. The van der Waals surface area contributed by atoms with Gasteiger partial charge in [0.15, 0.2) is 10.9 Å². The first-order chi connectivity index (χ1) is 19.8. The Morgan fingerprint density at radius 1 is 1.17 bits per heavy atom. The van der Waals surface area contributed by atoms with Crippen LogP contribution in [0.4, 0.5) is 5.13 Å². The molecule has 2 atom stereocenters. The zero-order valence-electron chi connectivity index (χ0n) is 22.7. The summed E-state index contributed by atoms with van der Waals surface area (Å²) < 4.78 is 12.6. The zero-order valence-corrected chi connectivity index (χ0v) is 25.0. The number of carbonyl (C=O) groups is 2. The Balaban J connectivity index is 1.24. The number of thiazole rings is 1. The summed E-state index contributed by atoms with van der Waals surface area (Å²) in [6.07, 6.45) is 4.38. The normalized spacial score (nSPS) is 19.1. The van der Waals surface area contributed by atoms with E-state index in [4.69, 9.17) is 37.4 Å². The lowest BCUT2D eigenvalue weighted by Crippen LogP contribution is -2.45. The number of hydrogen-bond acceptors (Lipinski definition) is 8. The van der Waals surface area contributed by atoms with Crippen LogP contribution in [0.2, 0.25) is 10.0 Å². The highest BCUT2D eigenvalue weighted by Crippen LogP contribution is 2.46. The summed E-state index contributed by atoms with van der Waals surface area (Å²) >= 11 is 14.4. The maximum atomic E-state index is 13.7. The maximum Gasteiger partial charge on any atom is 0.344 e. The Morgan fingerprint density at radius 2 is 1.93 bits per heavy atom. The molecule has 0 radical (unpaired) electrons. The van der Waals surface area contributed by atoms with E-state index >= 15 is 0 Å². The molecule has 1 aliphatic carbocycles. The van der Waals surface area contributed by atoms with E-state index in [0.717, 1.165) is 40.2 Å². The lowest BCUT2D eigenvalue weighted by molar-refractivity contribution is 0.0206. The average molecular weight is 615 g/mol. The minimum absolute atomic E-state index is 0.106. The minimum atomic E-state index is -0.941. The molecular formula is C30H29Cl2N3O5S. The molecule has 8 nitrogen and oxygen atoms in total. The molecule has 2 aromatic heterocycles. The van der Waals surface area contributed by atoms with Gasteiger partial charge in [-0.1, -0.05) is 59.6 Å². The van der Waals surface area contributed by atoms with Crippen LogP contribution in [0, 0.1) is 0 Å². The van der Waals surface area contributed by atoms with Gasteiger partial charge in [0.2, 0.25) is 0 Å². The number of carboxylic acid groups (broad SMARTS) is 1.